The van der Waals surface area contributed by atoms with Crippen molar-refractivity contribution in [2.75, 3.05) is 19.5 Å². The second kappa shape index (κ2) is 10.1. The average molecular weight is 497 g/mol. The molecule has 29 heavy (non-hydrogen) atoms. The first-order valence-corrected chi connectivity index (χ1v) is 10.4. The number of anilines is 1. The number of benzene rings is 3. The first-order valence-electron chi connectivity index (χ1n) is 8.81. The van der Waals surface area contributed by atoms with Crippen molar-refractivity contribution < 1.29 is 14.2 Å². The molecule has 0 aliphatic heterocycles. The molecular formula is C22H20BrCl2NO3. The molecule has 0 aliphatic carbocycles. The zero-order chi connectivity index (χ0) is 20.8. The Hall–Kier alpha value is -2.08. The molecule has 0 bridgehead atoms. The number of hydrogen-bond donors (Lipinski definition) is 1. The van der Waals surface area contributed by atoms with E-state index in [0.29, 0.717) is 34.7 Å². The molecule has 0 atom stereocenters. The minimum absolute atomic E-state index is 0.308. The lowest BCUT2D eigenvalue weighted by atomic mass is 10.2. The third-order valence-electron chi connectivity index (χ3n) is 4.30. The predicted octanol–water partition coefficient (Wildman–Crippen LogP) is 6.96. The summed E-state index contributed by atoms with van der Waals surface area (Å²) in [4.78, 5) is 0. The predicted molar refractivity (Wildman–Crippen MR) is 122 cm³/mol. The van der Waals surface area contributed by atoms with E-state index in [1.54, 1.807) is 26.4 Å². The van der Waals surface area contributed by atoms with Gasteiger partial charge in [-0.2, -0.15) is 0 Å². The van der Waals surface area contributed by atoms with Crippen molar-refractivity contribution in [1.82, 2.24) is 0 Å². The molecule has 0 saturated heterocycles. The Morgan fingerprint density at radius 3 is 2.28 bits per heavy atom. The Kier molecular flexibility index (Phi) is 7.53. The van der Waals surface area contributed by atoms with E-state index in [4.69, 9.17) is 37.4 Å². The summed E-state index contributed by atoms with van der Waals surface area (Å²) in [5.74, 6) is 2.09. The summed E-state index contributed by atoms with van der Waals surface area (Å²) in [6.07, 6.45) is 0. The molecule has 0 heterocycles. The van der Waals surface area contributed by atoms with E-state index in [1.807, 2.05) is 42.5 Å². The van der Waals surface area contributed by atoms with Crippen LogP contribution in [0.4, 0.5) is 5.69 Å². The van der Waals surface area contributed by atoms with Crippen molar-refractivity contribution in [2.45, 2.75) is 13.2 Å². The van der Waals surface area contributed by atoms with Crippen LogP contribution in [0.5, 0.6) is 17.2 Å². The minimum atomic E-state index is 0.308. The molecule has 0 amide bonds. The van der Waals surface area contributed by atoms with Gasteiger partial charge in [0.05, 0.1) is 14.2 Å². The third kappa shape index (κ3) is 5.72. The zero-order valence-corrected chi connectivity index (χ0v) is 19.1. The van der Waals surface area contributed by atoms with Crippen molar-refractivity contribution >= 4 is 44.8 Å². The zero-order valence-electron chi connectivity index (χ0n) is 16.0. The molecule has 3 aromatic carbocycles. The lowest BCUT2D eigenvalue weighted by Crippen LogP contribution is -2.03. The van der Waals surface area contributed by atoms with Gasteiger partial charge in [-0.1, -0.05) is 45.2 Å². The Morgan fingerprint density at radius 1 is 0.862 bits per heavy atom. The Labute approximate surface area is 188 Å². The van der Waals surface area contributed by atoms with Crippen LogP contribution in [0.25, 0.3) is 0 Å². The van der Waals surface area contributed by atoms with Crippen LogP contribution < -0.4 is 19.5 Å². The molecule has 0 spiro atoms. The molecule has 4 nitrogen and oxygen atoms in total. The van der Waals surface area contributed by atoms with Crippen LogP contribution in [-0.2, 0) is 13.2 Å². The SMILES string of the molecule is COc1ccc(NCc2cc(OC)c(OCc3ccc(Cl)cc3Cl)cc2Br)cc1. The van der Waals surface area contributed by atoms with Crippen LogP contribution in [0.2, 0.25) is 10.0 Å². The maximum Gasteiger partial charge on any atom is 0.162 e. The van der Waals surface area contributed by atoms with Crippen molar-refractivity contribution in [3.05, 3.63) is 80.2 Å². The summed E-state index contributed by atoms with van der Waals surface area (Å²) in [5.41, 5.74) is 2.88. The van der Waals surface area contributed by atoms with E-state index in [9.17, 15) is 0 Å². The topological polar surface area (TPSA) is 39.7 Å². The van der Waals surface area contributed by atoms with E-state index in [0.717, 1.165) is 27.0 Å². The van der Waals surface area contributed by atoms with Gasteiger partial charge in [-0.3, -0.25) is 0 Å². The molecule has 0 aromatic heterocycles. The van der Waals surface area contributed by atoms with E-state index in [2.05, 4.69) is 21.2 Å². The van der Waals surface area contributed by atoms with E-state index < -0.39 is 0 Å². The van der Waals surface area contributed by atoms with Crippen molar-refractivity contribution in [1.29, 1.82) is 0 Å². The number of hydrogen-bond acceptors (Lipinski definition) is 4. The van der Waals surface area contributed by atoms with Crippen molar-refractivity contribution in [3.8, 4) is 17.2 Å². The monoisotopic (exact) mass is 495 g/mol. The summed E-state index contributed by atoms with van der Waals surface area (Å²) >= 11 is 15.8. The maximum absolute atomic E-state index is 6.22. The van der Waals surface area contributed by atoms with Crippen LogP contribution in [0.15, 0.2) is 59.1 Å². The van der Waals surface area contributed by atoms with Gasteiger partial charge in [0.25, 0.3) is 0 Å². The maximum atomic E-state index is 6.22. The fourth-order valence-electron chi connectivity index (χ4n) is 2.69. The van der Waals surface area contributed by atoms with Gasteiger partial charge in [0, 0.05) is 32.3 Å². The van der Waals surface area contributed by atoms with Gasteiger partial charge in [0.1, 0.15) is 12.4 Å². The third-order valence-corrected chi connectivity index (χ3v) is 5.63. The molecule has 3 rings (SSSR count). The summed E-state index contributed by atoms with van der Waals surface area (Å²) in [7, 11) is 3.27. The van der Waals surface area contributed by atoms with Crippen LogP contribution >= 0.6 is 39.1 Å². The fraction of sp³-hybridized carbons (Fsp3) is 0.182. The fourth-order valence-corrected chi connectivity index (χ4v) is 3.61. The number of methoxy groups -OCH3 is 2. The van der Waals surface area contributed by atoms with Crippen LogP contribution in [0.1, 0.15) is 11.1 Å². The molecule has 3 aromatic rings. The van der Waals surface area contributed by atoms with Gasteiger partial charge in [0.2, 0.25) is 0 Å². The molecule has 1 N–H and O–H groups in total. The summed E-state index contributed by atoms with van der Waals surface area (Å²) in [6.45, 7) is 0.925. The van der Waals surface area contributed by atoms with E-state index in [1.165, 1.54) is 0 Å². The number of nitrogens with one attached hydrogen (secondary N) is 1. The number of ether oxygens (including phenoxy) is 3. The van der Waals surface area contributed by atoms with Gasteiger partial charge >= 0.3 is 0 Å². The quantitative estimate of drug-likeness (QED) is 0.365. The standard InChI is InChI=1S/C22H20BrCl2NO3/c1-27-18-7-5-17(6-8-18)26-12-15-9-21(28-2)22(11-19(15)23)29-13-14-3-4-16(24)10-20(14)25/h3-11,26H,12-13H2,1-2H3. The molecule has 0 aliphatic rings. The van der Waals surface area contributed by atoms with Gasteiger partial charge in [0.15, 0.2) is 11.5 Å². The smallest absolute Gasteiger partial charge is 0.162 e. The second-order valence-electron chi connectivity index (χ2n) is 6.20. The molecular weight excluding hydrogens is 477 g/mol. The highest BCUT2D eigenvalue weighted by atomic mass is 79.9. The molecule has 0 unspecified atom stereocenters. The highest BCUT2D eigenvalue weighted by molar-refractivity contribution is 9.10. The average Bonchev–Trinajstić information content (AvgIpc) is 2.72. The van der Waals surface area contributed by atoms with Crippen LogP contribution in [0.3, 0.4) is 0 Å². The second-order valence-corrected chi connectivity index (χ2v) is 7.90. The minimum Gasteiger partial charge on any atom is -0.497 e. The van der Waals surface area contributed by atoms with Gasteiger partial charge in [-0.15, -0.1) is 0 Å². The summed E-state index contributed by atoms with van der Waals surface area (Å²) < 4.78 is 17.6. The normalized spacial score (nSPS) is 10.5. The summed E-state index contributed by atoms with van der Waals surface area (Å²) in [6, 6.07) is 16.9. The Morgan fingerprint density at radius 2 is 1.62 bits per heavy atom. The van der Waals surface area contributed by atoms with Crippen molar-refractivity contribution in [3.63, 3.8) is 0 Å². The first kappa shape index (κ1) is 21.6. The Bertz CT molecular complexity index is 981. The lowest BCUT2D eigenvalue weighted by Gasteiger charge is -2.15. The van der Waals surface area contributed by atoms with Crippen LogP contribution in [-0.4, -0.2) is 14.2 Å². The summed E-state index contributed by atoms with van der Waals surface area (Å²) in [5, 5.41) is 4.54. The van der Waals surface area contributed by atoms with E-state index >= 15 is 0 Å². The van der Waals surface area contributed by atoms with Crippen molar-refractivity contribution in [2.24, 2.45) is 0 Å². The largest absolute Gasteiger partial charge is 0.497 e. The highest BCUT2D eigenvalue weighted by Gasteiger charge is 2.12. The molecule has 7 heteroatoms. The first-order chi connectivity index (χ1) is 14.0. The Balaban J connectivity index is 1.70. The van der Waals surface area contributed by atoms with Gasteiger partial charge in [-0.25, -0.2) is 0 Å². The van der Waals surface area contributed by atoms with E-state index in [-0.39, 0.29) is 0 Å². The molecule has 0 saturated carbocycles. The molecule has 0 fully saturated rings. The lowest BCUT2D eigenvalue weighted by molar-refractivity contribution is 0.284. The van der Waals surface area contributed by atoms with Gasteiger partial charge in [-0.05, 0) is 54.1 Å². The highest BCUT2D eigenvalue weighted by Crippen LogP contribution is 2.35. The molecule has 0 radical (unpaired) electrons. The van der Waals surface area contributed by atoms with Crippen LogP contribution in [0, 0.1) is 0 Å². The van der Waals surface area contributed by atoms with Gasteiger partial charge < -0.3 is 19.5 Å². The molecule has 152 valence electrons. The number of halogens is 3. The number of rotatable bonds is 8.